The Kier molecular flexibility index (Phi) is 5.68. The molecular formula is C24H20N8O4. The van der Waals surface area contributed by atoms with E-state index in [0.717, 1.165) is 5.56 Å². The Labute approximate surface area is 205 Å². The minimum atomic E-state index is -0.688. The van der Waals surface area contributed by atoms with Crippen LogP contribution >= 0.6 is 0 Å². The van der Waals surface area contributed by atoms with Crippen molar-refractivity contribution in [2.45, 2.75) is 12.6 Å². The summed E-state index contributed by atoms with van der Waals surface area (Å²) in [6.07, 6.45) is 1.83. The van der Waals surface area contributed by atoms with E-state index in [4.69, 9.17) is 35.7 Å². The van der Waals surface area contributed by atoms with Crippen molar-refractivity contribution in [2.24, 2.45) is 4.99 Å². The minimum Gasteiger partial charge on any atom is -0.496 e. The minimum absolute atomic E-state index is 0.0225. The fraction of sp³-hybridized carbons (Fsp3) is 0.167. The average Bonchev–Trinajstić information content (AvgIpc) is 3.35. The number of hydrogen-bond donors (Lipinski definition) is 4. The van der Waals surface area contributed by atoms with Gasteiger partial charge >= 0.3 is 0 Å². The van der Waals surface area contributed by atoms with E-state index < -0.39 is 6.04 Å². The highest BCUT2D eigenvalue weighted by atomic mass is 16.7. The summed E-state index contributed by atoms with van der Waals surface area (Å²) < 4.78 is 22.3. The summed E-state index contributed by atoms with van der Waals surface area (Å²) >= 11 is 0. The molecule has 0 bridgehead atoms. The van der Waals surface area contributed by atoms with Crippen LogP contribution in [0.4, 0.5) is 17.3 Å². The Balaban J connectivity index is 1.52. The molecule has 1 aromatic heterocycles. The zero-order valence-electron chi connectivity index (χ0n) is 19.0. The topological polar surface area (TPSA) is 186 Å². The molecule has 0 amide bonds. The molecule has 0 saturated carbocycles. The van der Waals surface area contributed by atoms with Gasteiger partial charge in [-0.2, -0.15) is 10.5 Å². The molecule has 12 heteroatoms. The second-order valence-electron chi connectivity index (χ2n) is 7.78. The number of anilines is 3. The van der Waals surface area contributed by atoms with E-state index in [1.165, 1.54) is 0 Å². The largest absolute Gasteiger partial charge is 0.496 e. The Morgan fingerprint density at radius 3 is 2.78 bits per heavy atom. The molecule has 12 nitrogen and oxygen atoms in total. The molecule has 0 spiro atoms. The van der Waals surface area contributed by atoms with Gasteiger partial charge < -0.3 is 35.7 Å². The van der Waals surface area contributed by atoms with E-state index >= 15 is 0 Å². The standard InChI is InChI=1S/C24H20N8O4/c1-33-16-4-2-12(6-13(16)9-34-14-3-5-17-18(7-14)36-11-35-17)21-19-20(27)15(8-25)22(28)31-23(19)32-24(30-21)29-10-26/h2-7,21H,9,11H2,1H3,(H6,27,28,29,30,31,32). The van der Waals surface area contributed by atoms with Crippen LogP contribution in [-0.4, -0.2) is 24.8 Å². The number of nitrogens with two attached hydrogens (primary N) is 2. The van der Waals surface area contributed by atoms with Crippen LogP contribution in [0.25, 0.3) is 0 Å². The van der Waals surface area contributed by atoms with E-state index in [9.17, 15) is 5.26 Å². The number of guanidine groups is 1. The lowest BCUT2D eigenvalue weighted by Gasteiger charge is -2.26. The average molecular weight is 484 g/mol. The fourth-order valence-corrected chi connectivity index (χ4v) is 4.03. The Bertz CT molecular complexity index is 1470. The number of ether oxygens (including phenoxy) is 4. The summed E-state index contributed by atoms with van der Waals surface area (Å²) in [6, 6.07) is 12.1. The van der Waals surface area contributed by atoms with Gasteiger partial charge in [-0.05, 0) is 29.8 Å². The van der Waals surface area contributed by atoms with Crippen molar-refractivity contribution >= 4 is 23.3 Å². The number of nitrogen functional groups attached to an aromatic ring is 2. The zero-order valence-corrected chi connectivity index (χ0v) is 19.0. The summed E-state index contributed by atoms with van der Waals surface area (Å²) in [7, 11) is 1.57. The molecule has 2 aliphatic rings. The summed E-state index contributed by atoms with van der Waals surface area (Å²) in [5.74, 6) is 2.92. The summed E-state index contributed by atoms with van der Waals surface area (Å²) in [5, 5.41) is 24.0. The molecule has 0 radical (unpaired) electrons. The lowest BCUT2D eigenvalue weighted by molar-refractivity contribution is 0.173. The third-order valence-corrected chi connectivity index (χ3v) is 5.72. The van der Waals surface area contributed by atoms with Gasteiger partial charge in [0.25, 0.3) is 0 Å². The molecule has 0 saturated heterocycles. The first-order valence-corrected chi connectivity index (χ1v) is 10.7. The number of nitriles is 2. The van der Waals surface area contributed by atoms with E-state index in [-0.39, 0.29) is 36.4 Å². The second kappa shape index (κ2) is 9.12. The highest BCUT2D eigenvalue weighted by Crippen LogP contribution is 2.41. The number of nitrogens with one attached hydrogen (secondary N) is 2. The van der Waals surface area contributed by atoms with Gasteiger partial charge in [-0.3, -0.25) is 5.32 Å². The van der Waals surface area contributed by atoms with Gasteiger partial charge in [-0.25, -0.2) is 9.98 Å². The number of pyridine rings is 1. The Morgan fingerprint density at radius 1 is 1.17 bits per heavy atom. The molecule has 3 aromatic rings. The molecule has 0 aliphatic carbocycles. The van der Waals surface area contributed by atoms with Crippen LogP contribution in [0, 0.1) is 22.8 Å². The van der Waals surface area contributed by atoms with Gasteiger partial charge in [0.1, 0.15) is 47.4 Å². The van der Waals surface area contributed by atoms with Crippen LogP contribution in [0.2, 0.25) is 0 Å². The summed E-state index contributed by atoms with van der Waals surface area (Å²) in [5.41, 5.74) is 14.4. The fourth-order valence-electron chi connectivity index (χ4n) is 4.03. The molecule has 5 rings (SSSR count). The number of rotatable bonds is 5. The van der Waals surface area contributed by atoms with Crippen molar-refractivity contribution in [3.8, 4) is 35.3 Å². The smallest absolute Gasteiger partial charge is 0.231 e. The number of fused-ring (bicyclic) bond motifs is 2. The van der Waals surface area contributed by atoms with Gasteiger partial charge in [-0.15, -0.1) is 0 Å². The van der Waals surface area contributed by atoms with Gasteiger partial charge in [0, 0.05) is 17.2 Å². The molecule has 0 fully saturated rings. The van der Waals surface area contributed by atoms with Crippen molar-refractivity contribution < 1.29 is 18.9 Å². The maximum Gasteiger partial charge on any atom is 0.231 e. The Morgan fingerprint density at radius 2 is 2.00 bits per heavy atom. The number of hydrogen-bond acceptors (Lipinski definition) is 12. The number of aliphatic imine (C=N–C) groups is 1. The highest BCUT2D eigenvalue weighted by molar-refractivity contribution is 5.98. The molecule has 2 aliphatic heterocycles. The number of benzene rings is 2. The lowest BCUT2D eigenvalue weighted by Crippen LogP contribution is -2.32. The molecule has 1 unspecified atom stereocenters. The highest BCUT2D eigenvalue weighted by Gasteiger charge is 2.30. The van der Waals surface area contributed by atoms with Gasteiger partial charge in [0.15, 0.2) is 17.7 Å². The predicted molar refractivity (Wildman–Crippen MR) is 129 cm³/mol. The molecule has 6 N–H and O–H groups in total. The first-order chi connectivity index (χ1) is 17.5. The predicted octanol–water partition coefficient (Wildman–Crippen LogP) is 2.38. The molecular weight excluding hydrogens is 464 g/mol. The number of nitrogens with zero attached hydrogens (tertiary/aromatic N) is 4. The quantitative estimate of drug-likeness (QED) is 0.308. The monoisotopic (exact) mass is 484 g/mol. The maximum absolute atomic E-state index is 9.53. The summed E-state index contributed by atoms with van der Waals surface area (Å²) in [4.78, 5) is 8.87. The molecule has 180 valence electrons. The van der Waals surface area contributed by atoms with Crippen LogP contribution in [0.1, 0.15) is 28.3 Å². The van der Waals surface area contributed by atoms with Crippen LogP contribution in [0.15, 0.2) is 41.4 Å². The molecule has 3 heterocycles. The first-order valence-electron chi connectivity index (χ1n) is 10.7. The van der Waals surface area contributed by atoms with Gasteiger partial charge in [-0.1, -0.05) is 6.07 Å². The zero-order chi connectivity index (χ0) is 25.2. The third-order valence-electron chi connectivity index (χ3n) is 5.72. The lowest BCUT2D eigenvalue weighted by atomic mass is 9.94. The number of methoxy groups -OCH3 is 1. The SMILES string of the molecule is COc1ccc(C2N=C(NC#N)Nc3nc(N)c(C#N)c(N)c32)cc1COc1ccc2c(c1)OCO2. The third kappa shape index (κ3) is 3.93. The Hall–Kier alpha value is -5.36. The van der Waals surface area contributed by atoms with Crippen molar-refractivity contribution in [1.29, 1.82) is 10.5 Å². The van der Waals surface area contributed by atoms with Crippen molar-refractivity contribution in [1.82, 2.24) is 10.3 Å². The van der Waals surface area contributed by atoms with Crippen LogP contribution in [-0.2, 0) is 6.61 Å². The van der Waals surface area contributed by atoms with Crippen LogP contribution < -0.4 is 41.0 Å². The second-order valence-corrected chi connectivity index (χ2v) is 7.78. The normalized spacial score (nSPS) is 15.0. The molecule has 36 heavy (non-hydrogen) atoms. The summed E-state index contributed by atoms with van der Waals surface area (Å²) in [6.45, 7) is 0.354. The molecule has 1 atom stereocenters. The first kappa shape index (κ1) is 22.4. The molecule has 2 aromatic carbocycles. The number of aromatic nitrogens is 1. The maximum atomic E-state index is 9.53. The van der Waals surface area contributed by atoms with E-state index in [1.807, 2.05) is 24.4 Å². The van der Waals surface area contributed by atoms with Crippen molar-refractivity contribution in [2.75, 3.05) is 30.7 Å². The van der Waals surface area contributed by atoms with E-state index in [2.05, 4.69) is 20.6 Å². The van der Waals surface area contributed by atoms with Crippen molar-refractivity contribution in [3.05, 3.63) is 58.7 Å². The van der Waals surface area contributed by atoms with Crippen LogP contribution in [0.5, 0.6) is 23.0 Å². The van der Waals surface area contributed by atoms with Crippen LogP contribution in [0.3, 0.4) is 0 Å². The van der Waals surface area contributed by atoms with E-state index in [0.29, 0.717) is 39.9 Å². The van der Waals surface area contributed by atoms with Gasteiger partial charge in [0.05, 0.1) is 12.8 Å². The van der Waals surface area contributed by atoms with Gasteiger partial charge in [0.2, 0.25) is 12.8 Å². The van der Waals surface area contributed by atoms with E-state index in [1.54, 1.807) is 31.4 Å². The van der Waals surface area contributed by atoms with Crippen molar-refractivity contribution in [3.63, 3.8) is 0 Å².